The van der Waals surface area contributed by atoms with Gasteiger partial charge in [0.1, 0.15) is 0 Å². The molecule has 7 nitrogen and oxygen atoms in total. The van der Waals surface area contributed by atoms with E-state index in [0.717, 1.165) is 5.56 Å². The smallest absolute Gasteiger partial charge is 0.345 e. The molecule has 0 fully saturated rings. The number of hydrogen-bond acceptors (Lipinski definition) is 4. The normalized spacial score (nSPS) is 10.6. The summed E-state index contributed by atoms with van der Waals surface area (Å²) in [5, 5.41) is 7.65. The summed E-state index contributed by atoms with van der Waals surface area (Å²) in [6, 6.07) is 10.2. The zero-order valence-corrected chi connectivity index (χ0v) is 14.3. The average Bonchev–Trinajstić information content (AvgIpc) is 2.91. The number of nitrogens with one attached hydrogen (secondary N) is 1. The van der Waals surface area contributed by atoms with Crippen LogP contribution >= 0.6 is 11.6 Å². The van der Waals surface area contributed by atoms with Crippen molar-refractivity contribution < 1.29 is 4.79 Å². The summed E-state index contributed by atoms with van der Waals surface area (Å²) in [7, 11) is 1.65. The van der Waals surface area contributed by atoms with Crippen molar-refractivity contribution in [2.24, 2.45) is 7.05 Å². The third-order valence-electron chi connectivity index (χ3n) is 3.68. The van der Waals surface area contributed by atoms with Gasteiger partial charge in [-0.2, -0.15) is 0 Å². The average molecular weight is 358 g/mol. The van der Waals surface area contributed by atoms with Crippen LogP contribution in [0.4, 0.5) is 0 Å². The highest BCUT2D eigenvalue weighted by atomic mass is 35.5. The predicted molar refractivity (Wildman–Crippen MR) is 94.5 cm³/mol. The minimum Gasteiger partial charge on any atom is -0.350 e. The lowest BCUT2D eigenvalue weighted by Gasteiger charge is -2.05. The molecule has 3 aromatic rings. The fourth-order valence-corrected chi connectivity index (χ4v) is 2.48. The molecule has 128 valence electrons. The molecule has 1 amide bonds. The summed E-state index contributed by atoms with van der Waals surface area (Å²) in [5.74, 6) is 0.301. The third-order valence-corrected chi connectivity index (χ3v) is 3.93. The number of carbonyl (C=O) groups is 1. The van der Waals surface area contributed by atoms with E-state index in [2.05, 4.69) is 15.4 Å². The molecule has 0 aliphatic rings. The predicted octanol–water partition coefficient (Wildman–Crippen LogP) is 1.73. The SMILES string of the molecule is Cn1c(-c2cccnc2)nn(CCNC(=O)c2ccc(Cl)cc2)c1=O. The number of nitrogens with zero attached hydrogens (tertiary/aromatic N) is 4. The van der Waals surface area contributed by atoms with Gasteiger partial charge in [-0.3, -0.25) is 14.3 Å². The molecule has 0 spiro atoms. The molecule has 2 aromatic heterocycles. The highest BCUT2D eigenvalue weighted by Crippen LogP contribution is 2.12. The van der Waals surface area contributed by atoms with Crippen LogP contribution in [0.2, 0.25) is 5.02 Å². The monoisotopic (exact) mass is 357 g/mol. The molecule has 0 saturated carbocycles. The van der Waals surface area contributed by atoms with Crippen molar-refractivity contribution in [3.63, 3.8) is 0 Å². The summed E-state index contributed by atoms with van der Waals surface area (Å²) >= 11 is 5.80. The molecule has 3 rings (SSSR count). The van der Waals surface area contributed by atoms with Gasteiger partial charge in [0.25, 0.3) is 5.91 Å². The lowest BCUT2D eigenvalue weighted by atomic mass is 10.2. The van der Waals surface area contributed by atoms with Crippen LogP contribution < -0.4 is 11.0 Å². The number of halogens is 1. The molecule has 25 heavy (non-hydrogen) atoms. The third kappa shape index (κ3) is 3.77. The molecular formula is C17H16ClN5O2. The van der Waals surface area contributed by atoms with Gasteiger partial charge in [-0.1, -0.05) is 11.6 Å². The van der Waals surface area contributed by atoms with Gasteiger partial charge in [-0.25, -0.2) is 9.48 Å². The van der Waals surface area contributed by atoms with E-state index in [4.69, 9.17) is 11.6 Å². The maximum absolute atomic E-state index is 12.3. The van der Waals surface area contributed by atoms with E-state index in [9.17, 15) is 9.59 Å². The van der Waals surface area contributed by atoms with Gasteiger partial charge in [0, 0.05) is 42.1 Å². The van der Waals surface area contributed by atoms with Crippen molar-refractivity contribution in [2.45, 2.75) is 6.54 Å². The molecule has 0 atom stereocenters. The Morgan fingerprint density at radius 2 is 2.00 bits per heavy atom. The van der Waals surface area contributed by atoms with Gasteiger partial charge in [-0.15, -0.1) is 5.10 Å². The highest BCUT2D eigenvalue weighted by Gasteiger charge is 2.12. The van der Waals surface area contributed by atoms with Gasteiger partial charge in [0.2, 0.25) is 0 Å². The first-order valence-corrected chi connectivity index (χ1v) is 8.02. The zero-order valence-electron chi connectivity index (χ0n) is 13.5. The molecule has 0 saturated heterocycles. The Bertz CT molecular complexity index is 932. The maximum atomic E-state index is 12.3. The number of pyridine rings is 1. The molecule has 0 radical (unpaired) electrons. The van der Waals surface area contributed by atoms with E-state index < -0.39 is 0 Å². The van der Waals surface area contributed by atoms with E-state index in [-0.39, 0.29) is 24.7 Å². The maximum Gasteiger partial charge on any atom is 0.345 e. The van der Waals surface area contributed by atoms with Crippen LogP contribution in [0.25, 0.3) is 11.4 Å². The lowest BCUT2D eigenvalue weighted by Crippen LogP contribution is -2.31. The van der Waals surface area contributed by atoms with Crippen molar-refractivity contribution in [3.05, 3.63) is 69.9 Å². The Kier molecular flexibility index (Phi) is 4.95. The molecule has 0 bridgehead atoms. The van der Waals surface area contributed by atoms with Crippen molar-refractivity contribution >= 4 is 17.5 Å². The molecular weight excluding hydrogens is 342 g/mol. The van der Waals surface area contributed by atoms with Crippen LogP contribution in [-0.4, -0.2) is 31.8 Å². The van der Waals surface area contributed by atoms with Crippen LogP contribution in [0.15, 0.2) is 53.6 Å². The Labute approximate surface area is 148 Å². The fourth-order valence-electron chi connectivity index (χ4n) is 2.36. The van der Waals surface area contributed by atoms with Crippen LogP contribution in [-0.2, 0) is 13.6 Å². The summed E-state index contributed by atoms with van der Waals surface area (Å²) < 4.78 is 2.78. The van der Waals surface area contributed by atoms with E-state index in [1.165, 1.54) is 9.25 Å². The van der Waals surface area contributed by atoms with E-state index in [1.54, 1.807) is 49.8 Å². The molecule has 1 aromatic carbocycles. The van der Waals surface area contributed by atoms with Crippen LogP contribution in [0.5, 0.6) is 0 Å². The summed E-state index contributed by atoms with van der Waals surface area (Å²) in [6.07, 6.45) is 3.30. The number of aromatic nitrogens is 4. The minimum absolute atomic E-state index is 0.229. The molecule has 0 aliphatic heterocycles. The largest absolute Gasteiger partial charge is 0.350 e. The van der Waals surface area contributed by atoms with Crippen molar-refractivity contribution in [3.8, 4) is 11.4 Å². The second kappa shape index (κ2) is 7.31. The quantitative estimate of drug-likeness (QED) is 0.754. The van der Waals surface area contributed by atoms with Gasteiger partial charge >= 0.3 is 5.69 Å². The topological polar surface area (TPSA) is 81.8 Å². The first-order chi connectivity index (χ1) is 12.1. The van der Waals surface area contributed by atoms with Crippen molar-refractivity contribution in [2.75, 3.05) is 6.54 Å². The summed E-state index contributed by atoms with van der Waals surface area (Å²) in [4.78, 5) is 28.3. The first kappa shape index (κ1) is 16.9. The Morgan fingerprint density at radius 1 is 1.24 bits per heavy atom. The number of amides is 1. The van der Waals surface area contributed by atoms with Crippen LogP contribution in [0.1, 0.15) is 10.4 Å². The molecule has 2 heterocycles. The second-order valence-electron chi connectivity index (χ2n) is 5.39. The fraction of sp³-hybridized carbons (Fsp3) is 0.176. The van der Waals surface area contributed by atoms with E-state index in [1.807, 2.05) is 6.07 Å². The van der Waals surface area contributed by atoms with Gasteiger partial charge in [-0.05, 0) is 36.4 Å². The van der Waals surface area contributed by atoms with Crippen LogP contribution in [0.3, 0.4) is 0 Å². The lowest BCUT2D eigenvalue weighted by molar-refractivity contribution is 0.0952. The minimum atomic E-state index is -0.250. The number of benzene rings is 1. The molecule has 1 N–H and O–H groups in total. The second-order valence-corrected chi connectivity index (χ2v) is 5.83. The molecule has 0 unspecified atom stereocenters. The van der Waals surface area contributed by atoms with Gasteiger partial charge < -0.3 is 5.32 Å². The van der Waals surface area contributed by atoms with Gasteiger partial charge in [0.15, 0.2) is 5.82 Å². The Balaban J connectivity index is 1.67. The van der Waals surface area contributed by atoms with E-state index >= 15 is 0 Å². The first-order valence-electron chi connectivity index (χ1n) is 7.64. The Hall–Kier alpha value is -2.93. The molecule has 0 aliphatic carbocycles. The Morgan fingerprint density at radius 3 is 2.68 bits per heavy atom. The number of rotatable bonds is 5. The summed E-state index contributed by atoms with van der Waals surface area (Å²) in [6.45, 7) is 0.553. The van der Waals surface area contributed by atoms with Crippen LogP contribution in [0, 0.1) is 0 Å². The van der Waals surface area contributed by atoms with Crippen molar-refractivity contribution in [1.82, 2.24) is 24.6 Å². The van der Waals surface area contributed by atoms with Crippen molar-refractivity contribution in [1.29, 1.82) is 0 Å². The zero-order chi connectivity index (χ0) is 17.8. The van der Waals surface area contributed by atoms with Gasteiger partial charge in [0.05, 0.1) is 6.54 Å². The number of carbonyl (C=O) groups excluding carboxylic acids is 1. The standard InChI is InChI=1S/C17H16ClN5O2/c1-22-15(13-3-2-8-19-11-13)21-23(17(22)25)10-9-20-16(24)12-4-6-14(18)7-5-12/h2-8,11H,9-10H2,1H3,(H,20,24). The van der Waals surface area contributed by atoms with E-state index in [0.29, 0.717) is 16.4 Å². The number of hydrogen-bond donors (Lipinski definition) is 1. The highest BCUT2D eigenvalue weighted by molar-refractivity contribution is 6.30. The summed E-state index contributed by atoms with van der Waals surface area (Å²) in [5.41, 5.74) is 1.01. The molecule has 8 heteroatoms.